The van der Waals surface area contributed by atoms with Crippen LogP contribution in [0.15, 0.2) is 48.5 Å². The summed E-state index contributed by atoms with van der Waals surface area (Å²) in [5.41, 5.74) is 2.78. The number of sulfonamides is 1. The van der Waals surface area contributed by atoms with Gasteiger partial charge in [-0.1, -0.05) is 62.7 Å². The van der Waals surface area contributed by atoms with Crippen molar-refractivity contribution in [3.05, 3.63) is 65.2 Å². The van der Waals surface area contributed by atoms with Crippen LogP contribution in [0, 0.1) is 6.92 Å². The molecule has 7 nitrogen and oxygen atoms in total. The molecular weight excluding hydrogens is 474 g/mol. The third kappa shape index (κ3) is 8.36. The van der Waals surface area contributed by atoms with Crippen molar-refractivity contribution >= 4 is 27.5 Å². The molecule has 2 aromatic rings. The van der Waals surface area contributed by atoms with Crippen molar-refractivity contribution in [3.8, 4) is 0 Å². The molecule has 0 spiro atoms. The Labute approximate surface area is 216 Å². The Morgan fingerprint density at radius 3 is 2.03 bits per heavy atom. The van der Waals surface area contributed by atoms with Crippen molar-refractivity contribution in [2.45, 2.75) is 78.9 Å². The normalized spacial score (nSPS) is 13.1. The van der Waals surface area contributed by atoms with Gasteiger partial charge < -0.3 is 10.2 Å². The largest absolute Gasteiger partial charge is 0.350 e. The molecule has 36 heavy (non-hydrogen) atoms. The van der Waals surface area contributed by atoms with Crippen LogP contribution >= 0.6 is 0 Å². The van der Waals surface area contributed by atoms with E-state index < -0.39 is 34.1 Å². The van der Waals surface area contributed by atoms with Gasteiger partial charge in [0.1, 0.15) is 12.6 Å². The highest BCUT2D eigenvalue weighted by Gasteiger charge is 2.31. The minimum Gasteiger partial charge on any atom is -0.350 e. The molecule has 0 saturated carbocycles. The molecule has 2 amide bonds. The van der Waals surface area contributed by atoms with E-state index in [0.717, 1.165) is 27.3 Å². The summed E-state index contributed by atoms with van der Waals surface area (Å²) in [6.45, 7) is 15.2. The summed E-state index contributed by atoms with van der Waals surface area (Å²) in [5.74, 6) is -0.762. The van der Waals surface area contributed by atoms with E-state index in [1.807, 2.05) is 64.1 Å². The second-order valence-corrected chi connectivity index (χ2v) is 13.4. The van der Waals surface area contributed by atoms with Crippen molar-refractivity contribution in [2.75, 3.05) is 17.1 Å². The summed E-state index contributed by atoms with van der Waals surface area (Å²) in [5, 5.41) is 2.92. The number of anilines is 1. The van der Waals surface area contributed by atoms with Gasteiger partial charge in [0, 0.05) is 12.1 Å². The van der Waals surface area contributed by atoms with Crippen LogP contribution in [0.2, 0.25) is 0 Å². The number of aryl methyl sites for hydroxylation is 1. The average Bonchev–Trinajstić information content (AvgIpc) is 2.72. The van der Waals surface area contributed by atoms with E-state index in [-0.39, 0.29) is 17.9 Å². The quantitative estimate of drug-likeness (QED) is 0.565. The fourth-order valence-electron chi connectivity index (χ4n) is 3.81. The van der Waals surface area contributed by atoms with Gasteiger partial charge in [0.05, 0.1) is 11.9 Å². The minimum absolute atomic E-state index is 0.0925. The zero-order chi connectivity index (χ0) is 27.5. The lowest BCUT2D eigenvalue weighted by Gasteiger charge is -2.33. The lowest BCUT2D eigenvalue weighted by atomic mass is 9.87. The van der Waals surface area contributed by atoms with Crippen LogP contribution < -0.4 is 9.62 Å². The number of nitrogens with zero attached hydrogens (tertiary/aromatic N) is 2. The molecule has 0 aliphatic carbocycles. The second kappa shape index (κ2) is 11.0. The molecule has 0 saturated heterocycles. The van der Waals surface area contributed by atoms with E-state index in [1.165, 1.54) is 4.90 Å². The molecule has 0 aliphatic rings. The predicted octanol–water partition coefficient (Wildman–Crippen LogP) is 4.39. The van der Waals surface area contributed by atoms with Gasteiger partial charge in [-0.25, -0.2) is 8.42 Å². The first-order valence-electron chi connectivity index (χ1n) is 12.1. The standard InChI is InChI=1S/C28H41N3O4S/c1-20-11-10-12-22(17-20)18-30(21(2)26(33)29-28(6,7)8)25(32)19-31(36(9,34)35)24-15-13-23(14-16-24)27(3,4)5/h10-17,21H,18-19H2,1-9H3,(H,29,33). The Kier molecular flexibility index (Phi) is 9.00. The second-order valence-electron chi connectivity index (χ2n) is 11.5. The summed E-state index contributed by atoms with van der Waals surface area (Å²) in [7, 11) is -3.76. The SMILES string of the molecule is Cc1cccc(CN(C(=O)CN(c2ccc(C(C)(C)C)cc2)S(C)(=O)=O)C(C)C(=O)NC(C)(C)C)c1. The van der Waals surface area contributed by atoms with Crippen LogP contribution in [0.4, 0.5) is 5.69 Å². The number of nitrogens with one attached hydrogen (secondary N) is 1. The Bertz CT molecular complexity index is 1180. The maximum Gasteiger partial charge on any atom is 0.244 e. The van der Waals surface area contributed by atoms with Gasteiger partial charge in [-0.15, -0.1) is 0 Å². The summed E-state index contributed by atoms with van der Waals surface area (Å²) >= 11 is 0. The van der Waals surface area contributed by atoms with Gasteiger partial charge in [-0.2, -0.15) is 0 Å². The molecule has 1 N–H and O–H groups in total. The summed E-state index contributed by atoms with van der Waals surface area (Å²) in [6.07, 6.45) is 1.08. The molecule has 2 aromatic carbocycles. The minimum atomic E-state index is -3.76. The van der Waals surface area contributed by atoms with Crippen LogP contribution in [0.1, 0.15) is 65.2 Å². The third-order valence-corrected chi connectivity index (χ3v) is 6.94. The molecule has 0 bridgehead atoms. The van der Waals surface area contributed by atoms with Crippen LogP contribution in [-0.2, 0) is 31.6 Å². The third-order valence-electron chi connectivity index (χ3n) is 5.80. The van der Waals surface area contributed by atoms with Gasteiger partial charge in [0.15, 0.2) is 0 Å². The summed E-state index contributed by atoms with van der Waals surface area (Å²) < 4.78 is 26.6. The monoisotopic (exact) mass is 515 g/mol. The smallest absolute Gasteiger partial charge is 0.244 e. The molecule has 1 unspecified atom stereocenters. The van der Waals surface area contributed by atoms with Gasteiger partial charge in [-0.05, 0) is 63.3 Å². The van der Waals surface area contributed by atoms with Gasteiger partial charge in [-0.3, -0.25) is 13.9 Å². The molecule has 0 aromatic heterocycles. The molecular formula is C28H41N3O4S. The Morgan fingerprint density at radius 1 is 0.972 bits per heavy atom. The van der Waals surface area contributed by atoms with Crippen molar-refractivity contribution in [1.29, 1.82) is 0 Å². The molecule has 0 aliphatic heterocycles. The van der Waals surface area contributed by atoms with E-state index >= 15 is 0 Å². The molecule has 8 heteroatoms. The van der Waals surface area contributed by atoms with Crippen LogP contribution in [0.5, 0.6) is 0 Å². The number of carbonyl (C=O) groups is 2. The Morgan fingerprint density at radius 2 is 1.56 bits per heavy atom. The van der Waals surface area contributed by atoms with Gasteiger partial charge >= 0.3 is 0 Å². The first-order chi connectivity index (χ1) is 16.4. The number of benzene rings is 2. The van der Waals surface area contributed by atoms with E-state index in [9.17, 15) is 18.0 Å². The van der Waals surface area contributed by atoms with Crippen LogP contribution in [0.3, 0.4) is 0 Å². The molecule has 0 heterocycles. The van der Waals surface area contributed by atoms with Crippen molar-refractivity contribution in [2.24, 2.45) is 0 Å². The average molecular weight is 516 g/mol. The molecule has 2 rings (SSSR count). The fraction of sp³-hybridized carbons (Fsp3) is 0.500. The molecule has 0 fully saturated rings. The summed E-state index contributed by atoms with van der Waals surface area (Å²) in [4.78, 5) is 28.1. The number of rotatable bonds is 8. The Hall–Kier alpha value is -2.87. The van der Waals surface area contributed by atoms with Crippen LogP contribution in [0.25, 0.3) is 0 Å². The maximum absolute atomic E-state index is 13.6. The number of carbonyl (C=O) groups excluding carboxylic acids is 2. The highest BCUT2D eigenvalue weighted by atomic mass is 32.2. The van der Waals surface area contributed by atoms with Crippen LogP contribution in [-0.4, -0.2) is 49.5 Å². The first-order valence-corrected chi connectivity index (χ1v) is 14.0. The summed E-state index contributed by atoms with van der Waals surface area (Å²) in [6, 6.07) is 14.1. The lowest BCUT2D eigenvalue weighted by Crippen LogP contribution is -2.54. The highest BCUT2D eigenvalue weighted by Crippen LogP contribution is 2.26. The van der Waals surface area contributed by atoms with E-state index in [2.05, 4.69) is 26.1 Å². The molecule has 198 valence electrons. The fourth-order valence-corrected chi connectivity index (χ4v) is 4.65. The van der Waals surface area contributed by atoms with Gasteiger partial charge in [0.2, 0.25) is 21.8 Å². The number of hydrogen-bond acceptors (Lipinski definition) is 4. The topological polar surface area (TPSA) is 86.8 Å². The van der Waals surface area contributed by atoms with E-state index in [1.54, 1.807) is 19.1 Å². The zero-order valence-electron chi connectivity index (χ0n) is 23.0. The van der Waals surface area contributed by atoms with E-state index in [4.69, 9.17) is 0 Å². The van der Waals surface area contributed by atoms with Crippen molar-refractivity contribution in [1.82, 2.24) is 10.2 Å². The molecule has 0 radical (unpaired) electrons. The predicted molar refractivity (Wildman–Crippen MR) is 146 cm³/mol. The zero-order valence-corrected chi connectivity index (χ0v) is 23.9. The maximum atomic E-state index is 13.6. The van der Waals surface area contributed by atoms with Crippen molar-refractivity contribution in [3.63, 3.8) is 0 Å². The van der Waals surface area contributed by atoms with Gasteiger partial charge in [0.25, 0.3) is 0 Å². The first kappa shape index (κ1) is 29.4. The van der Waals surface area contributed by atoms with E-state index in [0.29, 0.717) is 5.69 Å². The number of amides is 2. The number of hydrogen-bond donors (Lipinski definition) is 1. The highest BCUT2D eigenvalue weighted by molar-refractivity contribution is 7.92. The Balaban J connectivity index is 2.42. The lowest BCUT2D eigenvalue weighted by molar-refractivity contribution is -0.140. The van der Waals surface area contributed by atoms with Crippen molar-refractivity contribution < 1.29 is 18.0 Å². The molecule has 1 atom stereocenters.